The second-order valence-electron chi connectivity index (χ2n) is 9.13. The second-order valence-corrected chi connectivity index (χ2v) is 18.6. The Hall–Kier alpha value is -1.03. The van der Waals surface area contributed by atoms with Gasteiger partial charge < -0.3 is 9.53 Å². The largest absolute Gasteiger partial charge is 0.508 e. The molecule has 24 heavy (non-hydrogen) atoms. The van der Waals surface area contributed by atoms with Gasteiger partial charge in [-0.25, -0.2) is 0 Å². The molecule has 0 saturated heterocycles. The normalized spacial score (nSPS) is 14.0. The maximum atomic E-state index is 9.47. The van der Waals surface area contributed by atoms with Crippen molar-refractivity contribution in [3.05, 3.63) is 29.8 Å². The number of aromatic hydroxyl groups is 1. The summed E-state index contributed by atoms with van der Waals surface area (Å²) in [4.78, 5) is 0. The number of benzene rings is 1. The Morgan fingerprint density at radius 1 is 1.04 bits per heavy atom. The molecule has 0 aliphatic carbocycles. The van der Waals surface area contributed by atoms with E-state index in [1.165, 1.54) is 5.56 Å². The molecular weight excluding hydrogens is 328 g/mol. The number of hydrogen-bond acceptors (Lipinski definition) is 2. The lowest BCUT2D eigenvalue weighted by molar-refractivity contribution is 0.186. The van der Waals surface area contributed by atoms with Crippen molar-refractivity contribution in [3.63, 3.8) is 0 Å². The van der Waals surface area contributed by atoms with Gasteiger partial charge in [0.05, 0.1) is 6.10 Å². The van der Waals surface area contributed by atoms with Crippen LogP contribution in [0.5, 0.6) is 5.75 Å². The number of phenolic OH excluding ortho intramolecular Hbond substituents is 1. The molecular formula is C20H34O2Si2. The van der Waals surface area contributed by atoms with Gasteiger partial charge in [-0.15, -0.1) is 11.5 Å². The zero-order chi connectivity index (χ0) is 18.6. The second kappa shape index (κ2) is 7.90. The van der Waals surface area contributed by atoms with Crippen LogP contribution in [0.15, 0.2) is 24.3 Å². The molecule has 4 heteroatoms. The molecule has 0 bridgehead atoms. The summed E-state index contributed by atoms with van der Waals surface area (Å²) in [5, 5.41) is 9.66. The third kappa shape index (κ3) is 7.25. The standard InChI is InChI=1S/C20H34O2Si2/c1-20(2,3)24(7,8)22-19(10-9-15-23(4,5)6)16-17-11-13-18(21)14-12-17/h11-14,19,21H,10,16H2,1-8H3. The zero-order valence-electron chi connectivity index (χ0n) is 16.7. The summed E-state index contributed by atoms with van der Waals surface area (Å²) in [5.74, 6) is 3.70. The van der Waals surface area contributed by atoms with Crippen molar-refractivity contribution in [1.82, 2.24) is 0 Å². The van der Waals surface area contributed by atoms with Crippen LogP contribution in [-0.4, -0.2) is 27.6 Å². The Bertz CT molecular complexity index is 581. The molecule has 0 fully saturated rings. The molecule has 0 spiro atoms. The van der Waals surface area contributed by atoms with Crippen LogP contribution in [0.25, 0.3) is 0 Å². The van der Waals surface area contributed by atoms with Crippen molar-refractivity contribution < 1.29 is 9.53 Å². The highest BCUT2D eigenvalue weighted by molar-refractivity contribution is 6.83. The van der Waals surface area contributed by atoms with Crippen molar-refractivity contribution in [1.29, 1.82) is 0 Å². The van der Waals surface area contributed by atoms with Crippen LogP contribution in [-0.2, 0) is 10.8 Å². The summed E-state index contributed by atoms with van der Waals surface area (Å²) in [6.07, 6.45) is 1.73. The molecule has 1 rings (SSSR count). The Kier molecular flexibility index (Phi) is 6.92. The summed E-state index contributed by atoms with van der Waals surface area (Å²) < 4.78 is 6.64. The molecule has 0 aliphatic heterocycles. The highest BCUT2D eigenvalue weighted by Gasteiger charge is 2.39. The molecule has 0 radical (unpaired) electrons. The monoisotopic (exact) mass is 362 g/mol. The molecule has 1 aromatic carbocycles. The van der Waals surface area contributed by atoms with Crippen LogP contribution in [0.2, 0.25) is 37.8 Å². The van der Waals surface area contributed by atoms with Crippen LogP contribution < -0.4 is 0 Å². The number of rotatable bonds is 5. The van der Waals surface area contributed by atoms with Crippen molar-refractivity contribution in [2.45, 2.75) is 77.5 Å². The van der Waals surface area contributed by atoms with Crippen molar-refractivity contribution in [2.24, 2.45) is 0 Å². The van der Waals surface area contributed by atoms with Gasteiger partial charge in [0, 0.05) is 6.42 Å². The Labute approximate surface area is 150 Å². The minimum absolute atomic E-state index is 0.110. The summed E-state index contributed by atoms with van der Waals surface area (Å²) >= 11 is 0. The predicted octanol–water partition coefficient (Wildman–Crippen LogP) is 5.60. The van der Waals surface area contributed by atoms with Crippen LogP contribution in [0.1, 0.15) is 32.8 Å². The average molecular weight is 363 g/mol. The maximum absolute atomic E-state index is 9.47. The van der Waals surface area contributed by atoms with E-state index in [4.69, 9.17) is 4.43 Å². The van der Waals surface area contributed by atoms with Gasteiger partial charge in [0.1, 0.15) is 13.8 Å². The van der Waals surface area contributed by atoms with Crippen molar-refractivity contribution >= 4 is 16.4 Å². The fourth-order valence-electron chi connectivity index (χ4n) is 2.07. The quantitative estimate of drug-likeness (QED) is 0.546. The maximum Gasteiger partial charge on any atom is 0.192 e. The molecule has 134 valence electrons. The Morgan fingerprint density at radius 3 is 2.04 bits per heavy atom. The van der Waals surface area contributed by atoms with Gasteiger partial charge in [0.2, 0.25) is 0 Å². The van der Waals surface area contributed by atoms with E-state index in [0.29, 0.717) is 5.75 Å². The van der Waals surface area contributed by atoms with Crippen LogP contribution in [0, 0.1) is 11.5 Å². The number of phenols is 1. The first-order valence-corrected chi connectivity index (χ1v) is 15.2. The minimum Gasteiger partial charge on any atom is -0.508 e. The molecule has 2 nitrogen and oxygen atoms in total. The highest BCUT2D eigenvalue weighted by Crippen LogP contribution is 2.38. The fourth-order valence-corrected chi connectivity index (χ4v) is 4.06. The fraction of sp³-hybridized carbons (Fsp3) is 0.600. The zero-order valence-corrected chi connectivity index (χ0v) is 18.7. The lowest BCUT2D eigenvalue weighted by atomic mass is 10.1. The van der Waals surface area contributed by atoms with Gasteiger partial charge in [-0.3, -0.25) is 0 Å². The molecule has 1 N–H and O–H groups in total. The van der Waals surface area contributed by atoms with E-state index in [2.05, 4.69) is 65.0 Å². The van der Waals surface area contributed by atoms with Crippen molar-refractivity contribution in [3.8, 4) is 17.2 Å². The van der Waals surface area contributed by atoms with Crippen molar-refractivity contribution in [2.75, 3.05) is 0 Å². The predicted molar refractivity (Wildman–Crippen MR) is 110 cm³/mol. The first-order valence-electron chi connectivity index (χ1n) is 8.76. The third-order valence-electron chi connectivity index (χ3n) is 4.46. The van der Waals surface area contributed by atoms with E-state index in [0.717, 1.165) is 12.8 Å². The molecule has 1 atom stereocenters. The van der Waals surface area contributed by atoms with E-state index in [1.54, 1.807) is 12.1 Å². The van der Waals surface area contributed by atoms with Gasteiger partial charge >= 0.3 is 0 Å². The molecule has 0 amide bonds. The van der Waals surface area contributed by atoms with E-state index in [1.807, 2.05) is 12.1 Å². The molecule has 1 aromatic rings. The summed E-state index contributed by atoms with van der Waals surface area (Å²) in [7, 11) is -3.19. The molecule has 0 aromatic heterocycles. The van der Waals surface area contributed by atoms with Crippen LogP contribution in [0.4, 0.5) is 0 Å². The average Bonchev–Trinajstić information content (AvgIpc) is 2.38. The van der Waals surface area contributed by atoms with Gasteiger partial charge in [0.15, 0.2) is 8.32 Å². The first-order chi connectivity index (χ1) is 10.8. The number of hydrogen-bond donors (Lipinski definition) is 1. The molecule has 0 saturated carbocycles. The van der Waals surface area contributed by atoms with Gasteiger partial charge in [0.25, 0.3) is 0 Å². The van der Waals surface area contributed by atoms with Crippen LogP contribution in [0.3, 0.4) is 0 Å². The SMILES string of the molecule is CC(C)(C)[Si](C)(C)OC(CC#C[Si](C)(C)C)Cc1ccc(O)cc1. The highest BCUT2D eigenvalue weighted by atomic mass is 28.4. The van der Waals surface area contributed by atoms with E-state index in [9.17, 15) is 5.11 Å². The molecule has 1 unspecified atom stereocenters. The smallest absolute Gasteiger partial charge is 0.192 e. The summed E-state index contributed by atoms with van der Waals surface area (Å²) in [5.41, 5.74) is 4.64. The molecule has 0 aliphatic rings. The summed E-state index contributed by atoms with van der Waals surface area (Å²) in [6.45, 7) is 18.2. The minimum atomic E-state index is -1.83. The lowest BCUT2D eigenvalue weighted by Crippen LogP contribution is -2.44. The first kappa shape index (κ1) is 21.0. The third-order valence-corrected chi connectivity index (χ3v) is 9.92. The van der Waals surface area contributed by atoms with E-state index in [-0.39, 0.29) is 11.1 Å². The van der Waals surface area contributed by atoms with E-state index < -0.39 is 16.4 Å². The van der Waals surface area contributed by atoms with E-state index >= 15 is 0 Å². The van der Waals surface area contributed by atoms with Crippen LogP contribution >= 0.6 is 0 Å². The van der Waals surface area contributed by atoms with Gasteiger partial charge in [-0.05, 0) is 42.2 Å². The lowest BCUT2D eigenvalue weighted by Gasteiger charge is -2.39. The van der Waals surface area contributed by atoms with Gasteiger partial charge in [-0.1, -0.05) is 52.5 Å². The van der Waals surface area contributed by atoms with Gasteiger partial charge in [-0.2, -0.15) is 0 Å². The summed E-state index contributed by atoms with van der Waals surface area (Å²) in [6, 6.07) is 7.44. The Balaban J connectivity index is 2.93. The molecule has 0 heterocycles. The topological polar surface area (TPSA) is 29.5 Å². The Morgan fingerprint density at radius 2 is 1.58 bits per heavy atom.